The molecule has 5 heteroatoms. The fourth-order valence-corrected chi connectivity index (χ4v) is 4.09. The first-order chi connectivity index (χ1) is 12.9. The van der Waals surface area contributed by atoms with Crippen LogP contribution in [0.25, 0.3) is 27.5 Å². The third-order valence-corrected chi connectivity index (χ3v) is 5.49. The number of imidazole rings is 1. The van der Waals surface area contributed by atoms with Crippen molar-refractivity contribution in [2.45, 2.75) is 26.2 Å². The lowest BCUT2D eigenvalue weighted by Gasteiger charge is -2.19. The zero-order valence-electron chi connectivity index (χ0n) is 15.4. The highest BCUT2D eigenvalue weighted by Crippen LogP contribution is 2.34. The Balaban J connectivity index is 1.91. The number of fused-ring (bicyclic) bond motifs is 1. The van der Waals surface area contributed by atoms with Crippen LogP contribution in [0.2, 0.25) is 0 Å². The first kappa shape index (κ1) is 17.5. The number of carbonyl (C=O) groups is 1. The molecule has 0 bridgehead atoms. The van der Waals surface area contributed by atoms with E-state index in [0.717, 1.165) is 16.8 Å². The fourth-order valence-electron chi connectivity index (χ4n) is 3.20. The molecule has 0 spiro atoms. The van der Waals surface area contributed by atoms with Crippen molar-refractivity contribution in [3.63, 3.8) is 0 Å². The van der Waals surface area contributed by atoms with E-state index in [9.17, 15) is 9.90 Å². The summed E-state index contributed by atoms with van der Waals surface area (Å²) in [6.45, 7) is 6.53. The second-order valence-corrected chi connectivity index (χ2v) is 8.38. The number of aromatic carboxylic acids is 1. The van der Waals surface area contributed by atoms with E-state index in [0.29, 0.717) is 10.7 Å². The molecular formula is C22H20N2O2S. The minimum absolute atomic E-state index is 0.0736. The molecular weight excluding hydrogens is 356 g/mol. The molecule has 2 aromatic heterocycles. The minimum atomic E-state index is -0.979. The summed E-state index contributed by atoms with van der Waals surface area (Å²) in [4.78, 5) is 17.4. The van der Waals surface area contributed by atoms with Crippen LogP contribution in [0.3, 0.4) is 0 Å². The average Bonchev–Trinajstić information content (AvgIpc) is 3.20. The van der Waals surface area contributed by atoms with Gasteiger partial charge in [0.05, 0.1) is 5.69 Å². The minimum Gasteiger partial charge on any atom is -0.476 e. The van der Waals surface area contributed by atoms with Crippen molar-refractivity contribution in [3.05, 3.63) is 71.2 Å². The molecule has 2 heterocycles. The summed E-state index contributed by atoms with van der Waals surface area (Å²) < 4.78 is 1.75. The van der Waals surface area contributed by atoms with E-state index in [2.05, 4.69) is 50.0 Å². The Morgan fingerprint density at radius 1 is 1.00 bits per heavy atom. The molecule has 27 heavy (non-hydrogen) atoms. The number of carboxylic acid groups (broad SMARTS) is 1. The Labute approximate surface area is 161 Å². The van der Waals surface area contributed by atoms with Crippen molar-refractivity contribution >= 4 is 22.3 Å². The number of hydrogen-bond donors (Lipinski definition) is 1. The Hall–Kier alpha value is -2.92. The van der Waals surface area contributed by atoms with Crippen LogP contribution in [0.15, 0.2) is 60.0 Å². The van der Waals surface area contributed by atoms with Gasteiger partial charge in [-0.3, -0.25) is 4.40 Å². The third kappa shape index (κ3) is 3.04. The summed E-state index contributed by atoms with van der Waals surface area (Å²) >= 11 is 1.45. The SMILES string of the molecule is CC(C)(C)c1ccc(-c2csc3nc(-c4ccccc4)c(C(=O)O)n23)cc1. The predicted molar refractivity (Wildman–Crippen MR) is 110 cm³/mol. The second-order valence-electron chi connectivity index (χ2n) is 7.55. The molecule has 0 unspecified atom stereocenters. The summed E-state index contributed by atoms with van der Waals surface area (Å²) in [7, 11) is 0. The quantitative estimate of drug-likeness (QED) is 0.497. The van der Waals surface area contributed by atoms with E-state index in [-0.39, 0.29) is 11.1 Å². The molecule has 2 aromatic carbocycles. The van der Waals surface area contributed by atoms with Crippen LogP contribution >= 0.6 is 11.3 Å². The summed E-state index contributed by atoms with van der Waals surface area (Å²) in [5.74, 6) is -0.979. The van der Waals surface area contributed by atoms with Crippen LogP contribution in [0, 0.1) is 0 Å². The molecule has 0 amide bonds. The van der Waals surface area contributed by atoms with Crippen LogP contribution in [-0.2, 0) is 5.41 Å². The zero-order chi connectivity index (χ0) is 19.2. The number of rotatable bonds is 3. The van der Waals surface area contributed by atoms with Crippen LogP contribution in [-0.4, -0.2) is 20.5 Å². The van der Waals surface area contributed by atoms with Gasteiger partial charge in [0.25, 0.3) is 0 Å². The largest absolute Gasteiger partial charge is 0.476 e. The smallest absolute Gasteiger partial charge is 0.355 e. The summed E-state index contributed by atoms with van der Waals surface area (Å²) in [6.07, 6.45) is 0. The van der Waals surface area contributed by atoms with Gasteiger partial charge in [-0.05, 0) is 16.5 Å². The maximum absolute atomic E-state index is 12.1. The van der Waals surface area contributed by atoms with E-state index in [1.54, 1.807) is 4.40 Å². The molecule has 0 radical (unpaired) electrons. The molecule has 0 saturated heterocycles. The molecule has 0 aliphatic heterocycles. The normalized spacial score (nSPS) is 11.8. The first-order valence-electron chi connectivity index (χ1n) is 8.76. The Kier molecular flexibility index (Phi) is 4.12. The highest BCUT2D eigenvalue weighted by atomic mass is 32.1. The molecule has 0 aliphatic rings. The topological polar surface area (TPSA) is 54.6 Å². The standard InChI is InChI=1S/C22H20N2O2S/c1-22(2,3)16-11-9-14(10-12-16)17-13-27-21-23-18(15-7-5-4-6-8-15)19(20(25)26)24(17)21/h4-13H,1-3H3,(H,25,26). The van der Waals surface area contributed by atoms with Gasteiger partial charge < -0.3 is 5.11 Å². The van der Waals surface area contributed by atoms with Gasteiger partial charge in [-0.15, -0.1) is 11.3 Å². The number of carboxylic acids is 1. The second kappa shape index (κ2) is 6.35. The van der Waals surface area contributed by atoms with Gasteiger partial charge in [0.1, 0.15) is 5.69 Å². The van der Waals surface area contributed by atoms with Crippen LogP contribution in [0.1, 0.15) is 36.8 Å². The highest BCUT2D eigenvalue weighted by molar-refractivity contribution is 7.15. The van der Waals surface area contributed by atoms with E-state index in [4.69, 9.17) is 0 Å². The Morgan fingerprint density at radius 2 is 1.67 bits per heavy atom. The summed E-state index contributed by atoms with van der Waals surface area (Å²) in [6, 6.07) is 17.8. The lowest BCUT2D eigenvalue weighted by molar-refractivity contribution is 0.0690. The number of aromatic nitrogens is 2. The lowest BCUT2D eigenvalue weighted by Crippen LogP contribution is -2.10. The van der Waals surface area contributed by atoms with E-state index in [1.807, 2.05) is 35.7 Å². The number of nitrogens with zero attached hydrogens (tertiary/aromatic N) is 2. The van der Waals surface area contributed by atoms with Gasteiger partial charge in [0, 0.05) is 10.9 Å². The number of benzene rings is 2. The van der Waals surface area contributed by atoms with Crippen molar-refractivity contribution in [1.82, 2.24) is 9.38 Å². The molecule has 0 atom stereocenters. The van der Waals surface area contributed by atoms with E-state index < -0.39 is 5.97 Å². The molecule has 1 N–H and O–H groups in total. The van der Waals surface area contributed by atoms with Gasteiger partial charge in [-0.1, -0.05) is 75.4 Å². The number of hydrogen-bond acceptors (Lipinski definition) is 3. The van der Waals surface area contributed by atoms with Crippen LogP contribution in [0.5, 0.6) is 0 Å². The summed E-state index contributed by atoms with van der Waals surface area (Å²) in [5.41, 5.74) is 4.65. The highest BCUT2D eigenvalue weighted by Gasteiger charge is 2.24. The molecule has 0 fully saturated rings. The Morgan fingerprint density at radius 3 is 2.26 bits per heavy atom. The van der Waals surface area contributed by atoms with Crippen LogP contribution < -0.4 is 0 Å². The maximum atomic E-state index is 12.1. The number of thiazole rings is 1. The van der Waals surface area contributed by atoms with E-state index in [1.165, 1.54) is 16.9 Å². The average molecular weight is 376 g/mol. The lowest BCUT2D eigenvalue weighted by atomic mass is 9.86. The monoisotopic (exact) mass is 376 g/mol. The van der Waals surface area contributed by atoms with Crippen molar-refractivity contribution in [1.29, 1.82) is 0 Å². The zero-order valence-corrected chi connectivity index (χ0v) is 16.2. The Bertz CT molecular complexity index is 1120. The van der Waals surface area contributed by atoms with Crippen molar-refractivity contribution in [2.75, 3.05) is 0 Å². The van der Waals surface area contributed by atoms with Crippen molar-refractivity contribution < 1.29 is 9.90 Å². The van der Waals surface area contributed by atoms with Gasteiger partial charge in [0.2, 0.25) is 0 Å². The first-order valence-corrected chi connectivity index (χ1v) is 9.64. The van der Waals surface area contributed by atoms with Gasteiger partial charge in [0.15, 0.2) is 10.7 Å². The molecule has 4 nitrogen and oxygen atoms in total. The maximum Gasteiger partial charge on any atom is 0.355 e. The molecule has 136 valence electrons. The van der Waals surface area contributed by atoms with Gasteiger partial charge >= 0.3 is 5.97 Å². The van der Waals surface area contributed by atoms with Crippen LogP contribution in [0.4, 0.5) is 0 Å². The predicted octanol–water partition coefficient (Wildman–Crippen LogP) is 5.73. The van der Waals surface area contributed by atoms with Crippen molar-refractivity contribution in [3.8, 4) is 22.5 Å². The van der Waals surface area contributed by atoms with Gasteiger partial charge in [-0.25, -0.2) is 9.78 Å². The third-order valence-electron chi connectivity index (χ3n) is 4.66. The molecule has 0 saturated carbocycles. The van der Waals surface area contributed by atoms with E-state index >= 15 is 0 Å². The van der Waals surface area contributed by atoms with Crippen molar-refractivity contribution in [2.24, 2.45) is 0 Å². The summed E-state index contributed by atoms with van der Waals surface area (Å²) in [5, 5.41) is 11.9. The van der Waals surface area contributed by atoms with Gasteiger partial charge in [-0.2, -0.15) is 0 Å². The molecule has 4 rings (SSSR count). The molecule has 0 aliphatic carbocycles. The molecule has 4 aromatic rings. The fraction of sp³-hybridized carbons (Fsp3) is 0.182.